The number of ether oxygens (including phenoxy) is 1. The Morgan fingerprint density at radius 2 is 1.61 bits per heavy atom. The van der Waals surface area contributed by atoms with Crippen molar-refractivity contribution < 1.29 is 14.3 Å². The van der Waals surface area contributed by atoms with E-state index in [1.165, 1.54) is 19.3 Å². The van der Waals surface area contributed by atoms with Crippen LogP contribution in [0.25, 0.3) is 0 Å². The van der Waals surface area contributed by atoms with Crippen LogP contribution in [-0.2, 0) is 4.79 Å². The first-order valence-electron chi connectivity index (χ1n) is 9.97. The van der Waals surface area contributed by atoms with E-state index in [-0.39, 0.29) is 17.9 Å². The van der Waals surface area contributed by atoms with Crippen LogP contribution in [0, 0.1) is 13.8 Å². The molecular weight excluding hydrogens is 354 g/mol. The highest BCUT2D eigenvalue weighted by Crippen LogP contribution is 2.18. The van der Waals surface area contributed by atoms with Crippen molar-refractivity contribution in [2.75, 3.05) is 5.43 Å². The molecule has 0 unspecified atom stereocenters. The maximum Gasteiger partial charge on any atom is 0.270 e. The van der Waals surface area contributed by atoms with Gasteiger partial charge >= 0.3 is 0 Å². The van der Waals surface area contributed by atoms with Crippen LogP contribution in [0.3, 0.4) is 0 Å². The largest absolute Gasteiger partial charge is 0.481 e. The molecule has 0 aliphatic heterocycles. The summed E-state index contributed by atoms with van der Waals surface area (Å²) in [5, 5.41) is 3.07. The molecule has 1 heterocycles. The number of aryl methyl sites for hydroxylation is 2. The molecule has 3 rings (SSSR count). The van der Waals surface area contributed by atoms with Crippen molar-refractivity contribution in [3.05, 3.63) is 53.3 Å². The van der Waals surface area contributed by atoms with Crippen LogP contribution in [0.5, 0.6) is 5.75 Å². The Bertz CT molecular complexity index is 801. The number of carbonyl (C=O) groups is 2. The standard InChI is InChI=1S/C22H29N3O3/c1-15-9-10-16(2)25(15)24-22(27)18-11-13-20(14-12-18)28-17(3)21(26)23-19-7-5-4-6-8-19/h9-14,17,19H,4-8H2,1-3H3,(H,23,26)(H,24,27)/t17-/m1/s1. The average molecular weight is 383 g/mol. The van der Waals surface area contributed by atoms with Gasteiger partial charge in [-0.15, -0.1) is 0 Å². The summed E-state index contributed by atoms with van der Waals surface area (Å²) in [5.74, 6) is 0.278. The summed E-state index contributed by atoms with van der Waals surface area (Å²) in [6, 6.07) is 11.0. The average Bonchev–Trinajstić information content (AvgIpc) is 3.01. The van der Waals surface area contributed by atoms with Gasteiger partial charge in [0.2, 0.25) is 0 Å². The van der Waals surface area contributed by atoms with E-state index in [1.807, 2.05) is 26.0 Å². The minimum absolute atomic E-state index is 0.0905. The Labute approximate surface area is 166 Å². The summed E-state index contributed by atoms with van der Waals surface area (Å²) >= 11 is 0. The molecule has 0 saturated heterocycles. The number of rotatable bonds is 6. The lowest BCUT2D eigenvalue weighted by atomic mass is 9.95. The number of nitrogens with one attached hydrogen (secondary N) is 2. The first kappa shape index (κ1) is 20.0. The summed E-state index contributed by atoms with van der Waals surface area (Å²) in [6.07, 6.45) is 5.11. The molecule has 0 bridgehead atoms. The number of amides is 2. The predicted molar refractivity (Wildman–Crippen MR) is 109 cm³/mol. The van der Waals surface area contributed by atoms with Crippen molar-refractivity contribution in [3.8, 4) is 5.75 Å². The first-order valence-corrected chi connectivity index (χ1v) is 9.97. The number of aromatic nitrogens is 1. The number of benzene rings is 1. The summed E-state index contributed by atoms with van der Waals surface area (Å²) in [6.45, 7) is 5.62. The third kappa shape index (κ3) is 4.94. The molecule has 1 saturated carbocycles. The highest BCUT2D eigenvalue weighted by Gasteiger charge is 2.20. The van der Waals surface area contributed by atoms with E-state index in [9.17, 15) is 9.59 Å². The molecule has 0 spiro atoms. The lowest BCUT2D eigenvalue weighted by Gasteiger charge is -2.24. The Balaban J connectivity index is 1.54. The van der Waals surface area contributed by atoms with Gasteiger partial charge in [-0.1, -0.05) is 19.3 Å². The van der Waals surface area contributed by atoms with E-state index >= 15 is 0 Å². The van der Waals surface area contributed by atoms with Gasteiger partial charge in [-0.25, -0.2) is 0 Å². The zero-order chi connectivity index (χ0) is 20.1. The molecule has 1 atom stereocenters. The molecule has 1 fully saturated rings. The van der Waals surface area contributed by atoms with Crippen molar-refractivity contribution >= 4 is 11.8 Å². The lowest BCUT2D eigenvalue weighted by molar-refractivity contribution is -0.128. The fourth-order valence-electron chi connectivity index (χ4n) is 3.52. The van der Waals surface area contributed by atoms with E-state index in [4.69, 9.17) is 4.74 Å². The first-order chi connectivity index (χ1) is 13.4. The Hall–Kier alpha value is -2.76. The molecule has 1 aliphatic carbocycles. The molecular formula is C22H29N3O3. The molecule has 2 N–H and O–H groups in total. The van der Waals surface area contributed by atoms with Gasteiger partial charge in [0.05, 0.1) is 0 Å². The van der Waals surface area contributed by atoms with Gasteiger partial charge in [0, 0.05) is 23.0 Å². The molecule has 2 aromatic rings. The second-order valence-electron chi connectivity index (χ2n) is 7.52. The fraction of sp³-hybridized carbons (Fsp3) is 0.455. The van der Waals surface area contributed by atoms with Crippen LogP contribution in [0.4, 0.5) is 0 Å². The third-order valence-electron chi connectivity index (χ3n) is 5.23. The molecule has 1 aromatic carbocycles. The molecule has 6 nitrogen and oxygen atoms in total. The Morgan fingerprint density at radius 1 is 1.00 bits per heavy atom. The van der Waals surface area contributed by atoms with E-state index in [1.54, 1.807) is 35.9 Å². The van der Waals surface area contributed by atoms with Crippen LogP contribution in [0.15, 0.2) is 36.4 Å². The SMILES string of the molecule is Cc1ccc(C)n1NC(=O)c1ccc(O[C@H](C)C(=O)NC2CCCCC2)cc1. The van der Waals surface area contributed by atoms with Crippen LogP contribution in [-0.4, -0.2) is 28.6 Å². The Morgan fingerprint density at radius 3 is 2.21 bits per heavy atom. The maximum atomic E-state index is 12.4. The smallest absolute Gasteiger partial charge is 0.270 e. The van der Waals surface area contributed by atoms with Crippen LogP contribution in [0.1, 0.15) is 60.8 Å². The third-order valence-corrected chi connectivity index (χ3v) is 5.23. The van der Waals surface area contributed by atoms with Crippen molar-refractivity contribution in [2.24, 2.45) is 0 Å². The summed E-state index contributed by atoms with van der Waals surface area (Å²) in [5.41, 5.74) is 5.32. The minimum atomic E-state index is -0.577. The van der Waals surface area contributed by atoms with E-state index in [2.05, 4.69) is 10.7 Å². The zero-order valence-corrected chi connectivity index (χ0v) is 16.8. The van der Waals surface area contributed by atoms with Gasteiger partial charge in [0.1, 0.15) is 5.75 Å². The summed E-state index contributed by atoms with van der Waals surface area (Å²) < 4.78 is 7.50. The quantitative estimate of drug-likeness (QED) is 0.799. The maximum absolute atomic E-state index is 12.4. The summed E-state index contributed by atoms with van der Waals surface area (Å²) in [7, 11) is 0. The normalized spacial score (nSPS) is 15.7. The van der Waals surface area contributed by atoms with Crippen molar-refractivity contribution in [2.45, 2.75) is 65.0 Å². The van der Waals surface area contributed by atoms with E-state index < -0.39 is 6.10 Å². The number of nitrogens with zero attached hydrogens (tertiary/aromatic N) is 1. The predicted octanol–water partition coefficient (Wildman–Crippen LogP) is 3.71. The van der Waals surface area contributed by atoms with Crippen LogP contribution >= 0.6 is 0 Å². The van der Waals surface area contributed by atoms with Gasteiger partial charge in [0.25, 0.3) is 11.8 Å². The van der Waals surface area contributed by atoms with Crippen LogP contribution in [0.2, 0.25) is 0 Å². The molecule has 1 aliphatic rings. The van der Waals surface area contributed by atoms with E-state index in [0.717, 1.165) is 24.2 Å². The number of hydrogen-bond donors (Lipinski definition) is 2. The topological polar surface area (TPSA) is 72.4 Å². The molecule has 1 aromatic heterocycles. The number of carbonyl (C=O) groups excluding carboxylic acids is 2. The molecule has 2 amide bonds. The highest BCUT2D eigenvalue weighted by atomic mass is 16.5. The van der Waals surface area contributed by atoms with Crippen molar-refractivity contribution in [3.63, 3.8) is 0 Å². The molecule has 150 valence electrons. The van der Waals surface area contributed by atoms with Gasteiger partial charge in [-0.2, -0.15) is 0 Å². The monoisotopic (exact) mass is 383 g/mol. The number of hydrogen-bond acceptors (Lipinski definition) is 3. The lowest BCUT2D eigenvalue weighted by Crippen LogP contribution is -2.43. The van der Waals surface area contributed by atoms with Gasteiger partial charge < -0.3 is 10.1 Å². The van der Waals surface area contributed by atoms with Gasteiger partial charge in [-0.05, 0) is 70.0 Å². The van der Waals surface area contributed by atoms with Gasteiger partial charge in [-0.3, -0.25) is 19.7 Å². The highest BCUT2D eigenvalue weighted by molar-refractivity contribution is 6.00. The van der Waals surface area contributed by atoms with E-state index in [0.29, 0.717) is 11.3 Å². The Kier molecular flexibility index (Phi) is 6.39. The molecule has 0 radical (unpaired) electrons. The second kappa shape index (κ2) is 8.95. The molecule has 28 heavy (non-hydrogen) atoms. The van der Waals surface area contributed by atoms with Crippen molar-refractivity contribution in [1.82, 2.24) is 9.99 Å². The van der Waals surface area contributed by atoms with Crippen molar-refractivity contribution in [1.29, 1.82) is 0 Å². The zero-order valence-electron chi connectivity index (χ0n) is 16.8. The minimum Gasteiger partial charge on any atom is -0.481 e. The second-order valence-corrected chi connectivity index (χ2v) is 7.52. The summed E-state index contributed by atoms with van der Waals surface area (Å²) in [4.78, 5) is 24.8. The van der Waals surface area contributed by atoms with Gasteiger partial charge in [0.15, 0.2) is 6.10 Å². The molecule has 6 heteroatoms. The fourth-order valence-corrected chi connectivity index (χ4v) is 3.52. The van der Waals surface area contributed by atoms with Crippen LogP contribution < -0.4 is 15.5 Å².